The Morgan fingerprint density at radius 1 is 1.10 bits per heavy atom. The molecule has 21 heavy (non-hydrogen) atoms. The Labute approximate surface area is 125 Å². The van der Waals surface area contributed by atoms with Crippen LogP contribution in [0.3, 0.4) is 0 Å². The van der Waals surface area contributed by atoms with Crippen LogP contribution in [-0.2, 0) is 13.0 Å². The highest BCUT2D eigenvalue weighted by atomic mass is 16.3. The molecule has 0 amide bonds. The van der Waals surface area contributed by atoms with E-state index in [1.165, 1.54) is 5.56 Å². The summed E-state index contributed by atoms with van der Waals surface area (Å²) in [5, 5.41) is 10.3. The van der Waals surface area contributed by atoms with Crippen molar-refractivity contribution in [2.24, 2.45) is 5.92 Å². The topological polar surface area (TPSA) is 62.4 Å². The van der Waals surface area contributed by atoms with Gasteiger partial charge in [0.2, 0.25) is 0 Å². The third-order valence-corrected chi connectivity index (χ3v) is 4.03. The largest absolute Gasteiger partial charge is 0.391 e. The van der Waals surface area contributed by atoms with Crippen molar-refractivity contribution >= 4 is 5.82 Å². The fourth-order valence-corrected chi connectivity index (χ4v) is 2.99. The Balaban J connectivity index is 1.61. The molecule has 0 aliphatic carbocycles. The minimum Gasteiger partial charge on any atom is -0.391 e. The molecule has 1 aliphatic heterocycles. The average Bonchev–Trinajstić information content (AvgIpc) is 2.80. The molecule has 2 atom stereocenters. The van der Waals surface area contributed by atoms with Gasteiger partial charge in [-0.25, -0.2) is 4.98 Å². The molecule has 1 aliphatic rings. The first-order valence-electron chi connectivity index (χ1n) is 7.36. The molecule has 3 rings (SSSR count). The zero-order valence-corrected chi connectivity index (χ0v) is 12.0. The van der Waals surface area contributed by atoms with Crippen molar-refractivity contribution in [3.05, 3.63) is 59.8 Å². The normalized spacial score (nSPS) is 22.5. The zero-order chi connectivity index (χ0) is 14.7. The van der Waals surface area contributed by atoms with Crippen LogP contribution in [0, 0.1) is 5.92 Å². The van der Waals surface area contributed by atoms with Crippen LogP contribution in [0.25, 0.3) is 0 Å². The standard InChI is InChI=1S/C17H21N3O/c18-17-8-4-7-15(19-17)9-14-11-20(12-16(14)21)10-13-5-2-1-3-6-13/h1-8,14,16,21H,9-12H2,(H2,18,19). The van der Waals surface area contributed by atoms with Gasteiger partial charge < -0.3 is 10.8 Å². The maximum Gasteiger partial charge on any atom is 0.123 e. The number of benzene rings is 1. The molecule has 1 aromatic carbocycles. The number of pyridine rings is 1. The summed E-state index contributed by atoms with van der Waals surface area (Å²) in [6, 6.07) is 16.1. The first kappa shape index (κ1) is 14.0. The van der Waals surface area contributed by atoms with Gasteiger partial charge in [0.1, 0.15) is 5.82 Å². The van der Waals surface area contributed by atoms with E-state index >= 15 is 0 Å². The maximum atomic E-state index is 10.3. The van der Waals surface area contributed by atoms with E-state index in [9.17, 15) is 5.11 Å². The first-order chi connectivity index (χ1) is 10.2. The highest BCUT2D eigenvalue weighted by Crippen LogP contribution is 2.22. The van der Waals surface area contributed by atoms with Crippen molar-refractivity contribution in [1.82, 2.24) is 9.88 Å². The third kappa shape index (κ3) is 3.60. The number of aliphatic hydroxyl groups is 1. The van der Waals surface area contributed by atoms with Gasteiger partial charge in [-0.15, -0.1) is 0 Å². The molecule has 4 nitrogen and oxygen atoms in total. The number of anilines is 1. The highest BCUT2D eigenvalue weighted by molar-refractivity contribution is 5.29. The summed E-state index contributed by atoms with van der Waals surface area (Å²) in [4.78, 5) is 6.63. The van der Waals surface area contributed by atoms with E-state index in [1.807, 2.05) is 18.2 Å². The number of likely N-dealkylation sites (tertiary alicyclic amines) is 1. The second kappa shape index (κ2) is 6.24. The fraction of sp³-hybridized carbons (Fsp3) is 0.353. The SMILES string of the molecule is Nc1cccc(CC2CN(Cc3ccccc3)CC2O)n1. The molecule has 4 heteroatoms. The van der Waals surface area contributed by atoms with Crippen LogP contribution in [0.5, 0.6) is 0 Å². The van der Waals surface area contributed by atoms with E-state index in [4.69, 9.17) is 5.73 Å². The number of nitrogens with two attached hydrogens (primary N) is 1. The lowest BCUT2D eigenvalue weighted by molar-refractivity contribution is 0.140. The van der Waals surface area contributed by atoms with Crippen LogP contribution in [0.1, 0.15) is 11.3 Å². The van der Waals surface area contributed by atoms with Gasteiger partial charge in [0.15, 0.2) is 0 Å². The molecule has 0 saturated carbocycles. The second-order valence-corrected chi connectivity index (χ2v) is 5.77. The van der Waals surface area contributed by atoms with Gasteiger partial charge in [-0.1, -0.05) is 36.4 Å². The number of rotatable bonds is 4. The molecule has 0 spiro atoms. The summed E-state index contributed by atoms with van der Waals surface area (Å²) < 4.78 is 0. The molecule has 1 saturated heterocycles. The van der Waals surface area contributed by atoms with Crippen molar-refractivity contribution < 1.29 is 5.11 Å². The van der Waals surface area contributed by atoms with Crippen molar-refractivity contribution in [3.8, 4) is 0 Å². The number of aliphatic hydroxyl groups excluding tert-OH is 1. The van der Waals surface area contributed by atoms with Crippen LogP contribution in [0.2, 0.25) is 0 Å². The lowest BCUT2D eigenvalue weighted by Gasteiger charge is -2.15. The molecule has 110 valence electrons. The molecule has 0 bridgehead atoms. The molecule has 1 fully saturated rings. The van der Waals surface area contributed by atoms with E-state index in [-0.39, 0.29) is 12.0 Å². The van der Waals surface area contributed by atoms with Gasteiger partial charge in [0.25, 0.3) is 0 Å². The molecule has 1 aromatic heterocycles. The van der Waals surface area contributed by atoms with E-state index in [2.05, 4.69) is 34.1 Å². The Hall–Kier alpha value is -1.91. The van der Waals surface area contributed by atoms with Crippen molar-refractivity contribution in [2.75, 3.05) is 18.8 Å². The summed E-state index contributed by atoms with van der Waals surface area (Å²) in [5.74, 6) is 0.768. The number of β-amino-alcohol motifs (C(OH)–C–C–N with tert-alkyl or cyclic N) is 1. The third-order valence-electron chi connectivity index (χ3n) is 4.03. The number of hydrogen-bond acceptors (Lipinski definition) is 4. The quantitative estimate of drug-likeness (QED) is 0.896. The summed E-state index contributed by atoms with van der Waals surface area (Å²) in [6.07, 6.45) is 0.481. The maximum absolute atomic E-state index is 10.3. The Kier molecular flexibility index (Phi) is 4.18. The molecular weight excluding hydrogens is 262 g/mol. The van der Waals surface area contributed by atoms with E-state index in [0.717, 1.165) is 31.7 Å². The lowest BCUT2D eigenvalue weighted by Crippen LogP contribution is -2.21. The molecule has 3 N–H and O–H groups in total. The molecule has 2 heterocycles. The smallest absolute Gasteiger partial charge is 0.123 e. The minimum absolute atomic E-state index is 0.225. The first-order valence-corrected chi connectivity index (χ1v) is 7.36. The number of nitrogen functional groups attached to an aromatic ring is 1. The summed E-state index contributed by atoms with van der Waals surface area (Å²) in [6.45, 7) is 2.51. The van der Waals surface area contributed by atoms with Crippen molar-refractivity contribution in [3.63, 3.8) is 0 Å². The van der Waals surface area contributed by atoms with Gasteiger partial charge in [-0.05, 0) is 24.1 Å². The highest BCUT2D eigenvalue weighted by Gasteiger charge is 2.31. The Bertz CT molecular complexity index is 588. The second-order valence-electron chi connectivity index (χ2n) is 5.77. The van der Waals surface area contributed by atoms with E-state index in [1.54, 1.807) is 6.07 Å². The predicted octanol–water partition coefficient (Wildman–Crippen LogP) is 1.70. The van der Waals surface area contributed by atoms with Crippen LogP contribution < -0.4 is 5.73 Å². The molecule has 0 radical (unpaired) electrons. The van der Waals surface area contributed by atoms with Gasteiger partial charge in [-0.3, -0.25) is 4.90 Å². The number of hydrogen-bond donors (Lipinski definition) is 2. The molecular formula is C17H21N3O. The Morgan fingerprint density at radius 2 is 1.90 bits per heavy atom. The van der Waals surface area contributed by atoms with Crippen molar-refractivity contribution in [2.45, 2.75) is 19.1 Å². The van der Waals surface area contributed by atoms with Crippen molar-refractivity contribution in [1.29, 1.82) is 0 Å². The minimum atomic E-state index is -0.294. The van der Waals surface area contributed by atoms with Crippen LogP contribution in [-0.4, -0.2) is 34.2 Å². The van der Waals surface area contributed by atoms with Crippen LogP contribution >= 0.6 is 0 Å². The van der Waals surface area contributed by atoms with Crippen LogP contribution in [0.4, 0.5) is 5.82 Å². The monoisotopic (exact) mass is 283 g/mol. The van der Waals surface area contributed by atoms with E-state index in [0.29, 0.717) is 5.82 Å². The van der Waals surface area contributed by atoms with Gasteiger partial charge >= 0.3 is 0 Å². The Morgan fingerprint density at radius 3 is 2.67 bits per heavy atom. The summed E-state index contributed by atoms with van der Waals surface area (Å²) in [7, 11) is 0. The zero-order valence-electron chi connectivity index (χ0n) is 12.0. The number of nitrogens with zero attached hydrogens (tertiary/aromatic N) is 2. The average molecular weight is 283 g/mol. The summed E-state index contributed by atoms with van der Waals surface area (Å²) in [5.41, 5.74) is 7.96. The van der Waals surface area contributed by atoms with Crippen LogP contribution in [0.15, 0.2) is 48.5 Å². The number of aromatic nitrogens is 1. The molecule has 2 unspecified atom stereocenters. The lowest BCUT2D eigenvalue weighted by atomic mass is 10.00. The fourth-order valence-electron chi connectivity index (χ4n) is 2.99. The van der Waals surface area contributed by atoms with E-state index < -0.39 is 0 Å². The summed E-state index contributed by atoms with van der Waals surface area (Å²) >= 11 is 0. The van der Waals surface area contributed by atoms with Gasteiger partial charge in [-0.2, -0.15) is 0 Å². The molecule has 2 aromatic rings. The predicted molar refractivity (Wildman–Crippen MR) is 83.6 cm³/mol. The van der Waals surface area contributed by atoms with Gasteiger partial charge in [0, 0.05) is 31.2 Å². The van der Waals surface area contributed by atoms with Gasteiger partial charge in [0.05, 0.1) is 6.10 Å².